The van der Waals surface area contributed by atoms with Gasteiger partial charge in [-0.3, -0.25) is 9.59 Å². The van der Waals surface area contributed by atoms with Gasteiger partial charge in [0.15, 0.2) is 0 Å². The van der Waals surface area contributed by atoms with E-state index in [1.165, 1.54) is 36.4 Å². The number of carbonyl (C=O) groups is 2. The van der Waals surface area contributed by atoms with E-state index >= 15 is 0 Å². The van der Waals surface area contributed by atoms with Crippen LogP contribution in [0.25, 0.3) is 0 Å². The molecule has 1 aliphatic rings. The van der Waals surface area contributed by atoms with Crippen molar-refractivity contribution in [3.63, 3.8) is 0 Å². The van der Waals surface area contributed by atoms with E-state index in [1.807, 2.05) is 4.90 Å². The molecule has 0 atom stereocenters. The lowest BCUT2D eigenvalue weighted by Crippen LogP contribution is -2.48. The first-order valence-electron chi connectivity index (χ1n) is 8.45. The molecule has 2 aromatic rings. The number of halogens is 3. The summed E-state index contributed by atoms with van der Waals surface area (Å²) < 4.78 is 40.9. The molecule has 1 N–H and O–H groups in total. The van der Waals surface area contributed by atoms with Crippen molar-refractivity contribution in [2.45, 2.75) is 6.30 Å². The van der Waals surface area contributed by atoms with Gasteiger partial charge >= 0.3 is 6.30 Å². The molecule has 0 unspecified atom stereocenters. The van der Waals surface area contributed by atoms with Crippen molar-refractivity contribution >= 4 is 17.5 Å². The Morgan fingerprint density at radius 1 is 0.889 bits per heavy atom. The first-order chi connectivity index (χ1) is 12.9. The summed E-state index contributed by atoms with van der Waals surface area (Å²) in [7, 11) is 0. The second kappa shape index (κ2) is 7.79. The number of benzene rings is 2. The van der Waals surface area contributed by atoms with Crippen LogP contribution in [0.5, 0.6) is 0 Å². The molecule has 5 nitrogen and oxygen atoms in total. The van der Waals surface area contributed by atoms with Gasteiger partial charge in [0.05, 0.1) is 5.56 Å². The Kier molecular flexibility index (Phi) is 5.46. The third-order valence-corrected chi connectivity index (χ3v) is 4.27. The highest BCUT2D eigenvalue weighted by Gasteiger charge is 2.47. The molecule has 0 aliphatic carbocycles. The molecule has 142 valence electrons. The number of para-hydroxylation sites is 1. The molecule has 2 amide bonds. The van der Waals surface area contributed by atoms with Gasteiger partial charge in [0, 0.05) is 37.4 Å². The lowest BCUT2D eigenvalue weighted by atomic mass is 10.1. The number of anilines is 1. The number of hydrogen-bond donors (Lipinski definition) is 1. The maximum absolute atomic E-state index is 13.6. The van der Waals surface area contributed by atoms with Crippen LogP contribution in [0.1, 0.15) is 20.7 Å². The minimum Gasteiger partial charge on any atom is -0.368 e. The van der Waals surface area contributed by atoms with Gasteiger partial charge in [-0.15, -0.1) is 13.2 Å². The van der Waals surface area contributed by atoms with Crippen molar-refractivity contribution in [1.29, 1.82) is 0 Å². The fourth-order valence-electron chi connectivity index (χ4n) is 2.99. The summed E-state index contributed by atoms with van der Waals surface area (Å²) in [6.07, 6.45) is -5.14. The lowest BCUT2D eigenvalue weighted by molar-refractivity contribution is -0.206. The molecule has 1 heterocycles. The van der Waals surface area contributed by atoms with Crippen LogP contribution in [0.15, 0.2) is 54.6 Å². The van der Waals surface area contributed by atoms with Crippen LogP contribution >= 0.6 is 0 Å². The summed E-state index contributed by atoms with van der Waals surface area (Å²) in [4.78, 5) is 26.5. The number of rotatable bonds is 3. The van der Waals surface area contributed by atoms with Crippen molar-refractivity contribution < 1.29 is 22.8 Å². The SMILES string of the molecule is O=C(c1ccccc1)N(C(=O)c1ccccc1N1CCNCC1)C(F)(F)F. The van der Waals surface area contributed by atoms with Gasteiger partial charge in [0.1, 0.15) is 0 Å². The Hall–Kier alpha value is -2.87. The van der Waals surface area contributed by atoms with Gasteiger partial charge < -0.3 is 10.2 Å². The Morgan fingerprint density at radius 2 is 1.48 bits per heavy atom. The van der Waals surface area contributed by atoms with E-state index in [4.69, 9.17) is 0 Å². The second-order valence-electron chi connectivity index (χ2n) is 6.03. The van der Waals surface area contributed by atoms with Crippen LogP contribution in [-0.2, 0) is 0 Å². The highest BCUT2D eigenvalue weighted by molar-refractivity contribution is 6.12. The number of carbonyl (C=O) groups excluding carboxylic acids is 2. The minimum absolute atomic E-state index is 0.152. The smallest absolute Gasteiger partial charge is 0.368 e. The molecule has 0 radical (unpaired) electrons. The lowest BCUT2D eigenvalue weighted by Gasteiger charge is -2.32. The highest BCUT2D eigenvalue weighted by Crippen LogP contribution is 2.29. The first kappa shape index (κ1) is 18.9. The number of nitrogens with zero attached hydrogens (tertiary/aromatic N) is 2. The summed E-state index contributed by atoms with van der Waals surface area (Å²) in [5.74, 6) is -2.78. The molecule has 3 rings (SSSR count). The van der Waals surface area contributed by atoms with Gasteiger partial charge in [-0.2, -0.15) is 4.90 Å². The molecule has 27 heavy (non-hydrogen) atoms. The van der Waals surface area contributed by atoms with Crippen molar-refractivity contribution in [3.8, 4) is 0 Å². The van der Waals surface area contributed by atoms with Crippen LogP contribution in [0.2, 0.25) is 0 Å². The molecule has 1 aliphatic heterocycles. The van der Waals surface area contributed by atoms with Gasteiger partial charge in [0.2, 0.25) is 0 Å². The van der Waals surface area contributed by atoms with E-state index in [2.05, 4.69) is 5.32 Å². The van der Waals surface area contributed by atoms with Gasteiger partial charge in [0.25, 0.3) is 11.8 Å². The quantitative estimate of drug-likeness (QED) is 0.660. The Balaban J connectivity index is 1.99. The van der Waals surface area contributed by atoms with Crippen LogP contribution in [0.3, 0.4) is 0 Å². The summed E-state index contributed by atoms with van der Waals surface area (Å²) in [5.41, 5.74) is 0.0305. The van der Waals surface area contributed by atoms with Gasteiger partial charge in [-0.25, -0.2) is 0 Å². The Labute approximate surface area is 154 Å². The van der Waals surface area contributed by atoms with Crippen LogP contribution in [0.4, 0.5) is 18.9 Å². The first-order valence-corrected chi connectivity index (χ1v) is 8.45. The van der Waals surface area contributed by atoms with Crippen molar-refractivity contribution in [1.82, 2.24) is 10.2 Å². The molecular formula is C19H18F3N3O2. The molecule has 0 bridgehead atoms. The number of amides is 2. The maximum atomic E-state index is 13.6. The third kappa shape index (κ3) is 4.11. The molecule has 8 heteroatoms. The number of alkyl halides is 3. The van der Waals surface area contributed by atoms with E-state index in [9.17, 15) is 22.8 Å². The number of hydrogen-bond acceptors (Lipinski definition) is 4. The van der Waals surface area contributed by atoms with Crippen LogP contribution < -0.4 is 10.2 Å². The fraction of sp³-hybridized carbons (Fsp3) is 0.263. The summed E-state index contributed by atoms with van der Waals surface area (Å²) in [5, 5.41) is 3.15. The average molecular weight is 377 g/mol. The standard InChI is InChI=1S/C19H18F3N3O2/c20-19(21,22)25(17(26)14-6-2-1-3-7-14)18(27)15-8-4-5-9-16(15)24-12-10-23-11-13-24/h1-9,23H,10-13H2. The predicted molar refractivity (Wildman–Crippen MR) is 94.5 cm³/mol. The molecule has 1 saturated heterocycles. The molecule has 1 fully saturated rings. The summed E-state index contributed by atoms with van der Waals surface area (Å²) >= 11 is 0. The monoisotopic (exact) mass is 377 g/mol. The Morgan fingerprint density at radius 3 is 2.11 bits per heavy atom. The second-order valence-corrected chi connectivity index (χ2v) is 6.03. The van der Waals surface area contributed by atoms with Gasteiger partial charge in [-0.05, 0) is 24.3 Å². The van der Waals surface area contributed by atoms with Crippen LogP contribution in [-0.4, -0.2) is 49.2 Å². The van der Waals surface area contributed by atoms with Crippen molar-refractivity contribution in [2.75, 3.05) is 31.1 Å². The summed E-state index contributed by atoms with van der Waals surface area (Å²) in [6, 6.07) is 13.0. The number of imide groups is 1. The molecule has 2 aromatic carbocycles. The topological polar surface area (TPSA) is 52.7 Å². The average Bonchev–Trinajstić information content (AvgIpc) is 2.68. The zero-order valence-electron chi connectivity index (χ0n) is 14.4. The van der Waals surface area contributed by atoms with E-state index < -0.39 is 23.0 Å². The van der Waals surface area contributed by atoms with Crippen molar-refractivity contribution in [2.24, 2.45) is 0 Å². The number of piperazine rings is 1. The maximum Gasteiger partial charge on any atom is 0.494 e. The summed E-state index contributed by atoms with van der Waals surface area (Å²) in [6.45, 7) is 2.44. The zero-order valence-corrected chi connectivity index (χ0v) is 14.4. The van der Waals surface area contributed by atoms with E-state index in [0.29, 0.717) is 31.9 Å². The van der Waals surface area contributed by atoms with Crippen LogP contribution in [0, 0.1) is 0 Å². The normalized spacial score (nSPS) is 14.7. The van der Waals surface area contributed by atoms with Crippen molar-refractivity contribution in [3.05, 3.63) is 65.7 Å². The minimum atomic E-state index is -5.14. The largest absolute Gasteiger partial charge is 0.494 e. The molecule has 0 saturated carbocycles. The number of nitrogens with one attached hydrogen (secondary N) is 1. The molecular weight excluding hydrogens is 359 g/mol. The Bertz CT molecular complexity index is 818. The fourth-order valence-corrected chi connectivity index (χ4v) is 2.99. The molecule has 0 spiro atoms. The van der Waals surface area contributed by atoms with Gasteiger partial charge in [-0.1, -0.05) is 30.3 Å². The van der Waals surface area contributed by atoms with E-state index in [0.717, 1.165) is 0 Å². The van der Waals surface area contributed by atoms with E-state index in [-0.39, 0.29) is 11.1 Å². The third-order valence-electron chi connectivity index (χ3n) is 4.27. The zero-order chi connectivity index (χ0) is 19.4. The van der Waals surface area contributed by atoms with E-state index in [1.54, 1.807) is 18.2 Å². The highest BCUT2D eigenvalue weighted by atomic mass is 19.4. The molecule has 0 aromatic heterocycles. The predicted octanol–water partition coefficient (Wildman–Crippen LogP) is 2.90.